The third kappa shape index (κ3) is 5.43. The molecule has 1 N–H and O–H groups in total. The zero-order valence-corrected chi connectivity index (χ0v) is 21.7. The maximum Gasteiger partial charge on any atom is 0.291 e. The van der Waals surface area contributed by atoms with Crippen molar-refractivity contribution < 1.29 is 23.1 Å². The highest BCUT2D eigenvalue weighted by Gasteiger charge is 2.39. The number of hydrogen-bond acceptors (Lipinski definition) is 4. The van der Waals surface area contributed by atoms with Crippen LogP contribution in [-0.4, -0.2) is 23.3 Å². The van der Waals surface area contributed by atoms with Gasteiger partial charge in [-0.25, -0.2) is 4.39 Å². The summed E-state index contributed by atoms with van der Waals surface area (Å²) in [5, 5.41) is 2.68. The maximum atomic E-state index is 13.3. The fraction of sp³-hybridized carbons (Fsp3) is 0.250. The van der Waals surface area contributed by atoms with Gasteiger partial charge in [0, 0.05) is 18.2 Å². The molecule has 0 radical (unpaired) electrons. The van der Waals surface area contributed by atoms with Crippen LogP contribution in [-0.2, 0) is 17.8 Å². The monoisotopic (exact) mass is 524 g/mol. The Balaban J connectivity index is 1.19. The molecule has 39 heavy (non-hydrogen) atoms. The van der Waals surface area contributed by atoms with E-state index in [1.54, 1.807) is 12.1 Å². The topological polar surface area (TPSA) is 71.8 Å². The first kappa shape index (κ1) is 24.9. The van der Waals surface area contributed by atoms with Crippen LogP contribution in [0.2, 0.25) is 0 Å². The van der Waals surface area contributed by atoms with E-state index < -0.39 is 5.91 Å². The van der Waals surface area contributed by atoms with Crippen LogP contribution in [0.25, 0.3) is 0 Å². The van der Waals surface area contributed by atoms with Gasteiger partial charge < -0.3 is 19.4 Å². The van der Waals surface area contributed by atoms with Crippen molar-refractivity contribution in [3.63, 3.8) is 0 Å². The Hall–Kier alpha value is -4.39. The second-order valence-corrected chi connectivity index (χ2v) is 10.2. The maximum absolute atomic E-state index is 13.3. The summed E-state index contributed by atoms with van der Waals surface area (Å²) in [6.07, 6.45) is 2.75. The number of nitrogens with one attached hydrogen (secondary N) is 1. The molecule has 0 bridgehead atoms. The smallest absolute Gasteiger partial charge is 0.291 e. The van der Waals surface area contributed by atoms with Crippen molar-refractivity contribution in [2.24, 2.45) is 5.92 Å². The van der Waals surface area contributed by atoms with Crippen LogP contribution in [0.15, 0.2) is 83.3 Å². The number of anilines is 1. The van der Waals surface area contributed by atoms with Gasteiger partial charge in [0.2, 0.25) is 5.91 Å². The number of amides is 2. The number of ether oxygens (including phenoxy) is 1. The van der Waals surface area contributed by atoms with Crippen molar-refractivity contribution >= 4 is 17.5 Å². The number of furan rings is 1. The lowest BCUT2D eigenvalue weighted by Crippen LogP contribution is -2.41. The van der Waals surface area contributed by atoms with E-state index in [0.717, 1.165) is 36.0 Å². The SMILES string of the molecule is Cc1cccc([C@H]2c3cc(OCc4ccc(C(=O)Nc5ccc(F)cc5)o4)ccc3CCN2C(=O)C2CC2)c1. The van der Waals surface area contributed by atoms with Crippen LogP contribution in [0.1, 0.15) is 57.5 Å². The van der Waals surface area contributed by atoms with Crippen molar-refractivity contribution in [2.45, 2.75) is 38.8 Å². The van der Waals surface area contributed by atoms with Crippen molar-refractivity contribution in [3.05, 3.63) is 118 Å². The lowest BCUT2D eigenvalue weighted by Gasteiger charge is -2.38. The third-order valence-corrected chi connectivity index (χ3v) is 7.28. The van der Waals surface area contributed by atoms with E-state index in [2.05, 4.69) is 36.5 Å². The Morgan fingerprint density at radius 1 is 1.03 bits per heavy atom. The largest absolute Gasteiger partial charge is 0.486 e. The van der Waals surface area contributed by atoms with Gasteiger partial charge in [-0.2, -0.15) is 0 Å². The zero-order chi connectivity index (χ0) is 26.9. The fourth-order valence-electron chi connectivity index (χ4n) is 5.14. The highest BCUT2D eigenvalue weighted by Crippen LogP contribution is 2.41. The van der Waals surface area contributed by atoms with Gasteiger partial charge in [-0.3, -0.25) is 9.59 Å². The first-order valence-corrected chi connectivity index (χ1v) is 13.2. The van der Waals surface area contributed by atoms with Gasteiger partial charge in [-0.15, -0.1) is 0 Å². The van der Waals surface area contributed by atoms with Gasteiger partial charge in [0.05, 0.1) is 6.04 Å². The van der Waals surface area contributed by atoms with Crippen molar-refractivity contribution in [3.8, 4) is 5.75 Å². The van der Waals surface area contributed by atoms with Gasteiger partial charge in [0.15, 0.2) is 5.76 Å². The number of carbonyl (C=O) groups excluding carboxylic acids is 2. The molecule has 6 nitrogen and oxygen atoms in total. The minimum atomic E-state index is -0.428. The Morgan fingerprint density at radius 2 is 1.85 bits per heavy atom. The van der Waals surface area contributed by atoms with E-state index in [-0.39, 0.29) is 36.1 Å². The van der Waals surface area contributed by atoms with Crippen LogP contribution in [0.4, 0.5) is 10.1 Å². The number of halogens is 1. The van der Waals surface area contributed by atoms with E-state index in [0.29, 0.717) is 23.7 Å². The molecule has 6 rings (SSSR count). The summed E-state index contributed by atoms with van der Waals surface area (Å²) in [6.45, 7) is 2.91. The summed E-state index contributed by atoms with van der Waals surface area (Å²) in [5.74, 6) is 0.881. The Morgan fingerprint density at radius 3 is 2.62 bits per heavy atom. The molecule has 0 spiro atoms. The fourth-order valence-corrected chi connectivity index (χ4v) is 5.14. The second kappa shape index (κ2) is 10.4. The van der Waals surface area contributed by atoms with Crippen LogP contribution < -0.4 is 10.1 Å². The molecule has 3 aromatic carbocycles. The number of nitrogens with zero attached hydrogens (tertiary/aromatic N) is 1. The molecule has 1 aromatic heterocycles. The normalized spacial score (nSPS) is 16.5. The molecule has 2 amide bonds. The molecule has 2 aliphatic rings. The molecule has 1 fully saturated rings. The van der Waals surface area contributed by atoms with Crippen molar-refractivity contribution in [2.75, 3.05) is 11.9 Å². The Bertz CT molecular complexity index is 1520. The number of aryl methyl sites for hydroxylation is 1. The number of hydrogen-bond donors (Lipinski definition) is 1. The molecule has 1 aliphatic carbocycles. The molecule has 4 aromatic rings. The summed E-state index contributed by atoms with van der Waals surface area (Å²) in [7, 11) is 0. The quantitative estimate of drug-likeness (QED) is 0.302. The third-order valence-electron chi connectivity index (χ3n) is 7.28. The highest BCUT2D eigenvalue weighted by atomic mass is 19.1. The highest BCUT2D eigenvalue weighted by molar-refractivity contribution is 6.02. The molecule has 1 aliphatic heterocycles. The molecule has 1 saturated carbocycles. The predicted octanol–water partition coefficient (Wildman–Crippen LogP) is 6.44. The first-order chi connectivity index (χ1) is 18.9. The number of rotatable bonds is 7. The number of fused-ring (bicyclic) bond motifs is 1. The summed E-state index contributed by atoms with van der Waals surface area (Å²) >= 11 is 0. The van der Waals surface area contributed by atoms with Gasteiger partial charge in [-0.05, 0) is 91.4 Å². The van der Waals surface area contributed by atoms with Crippen LogP contribution >= 0.6 is 0 Å². The second-order valence-electron chi connectivity index (χ2n) is 10.2. The minimum absolute atomic E-state index is 0.136. The van der Waals surface area contributed by atoms with E-state index in [9.17, 15) is 14.0 Å². The van der Waals surface area contributed by atoms with Gasteiger partial charge >= 0.3 is 0 Å². The molecule has 2 heterocycles. The van der Waals surface area contributed by atoms with Crippen molar-refractivity contribution in [1.29, 1.82) is 0 Å². The van der Waals surface area contributed by atoms with Gasteiger partial charge in [0.1, 0.15) is 23.9 Å². The molecular weight excluding hydrogens is 495 g/mol. The van der Waals surface area contributed by atoms with Crippen LogP contribution in [0.5, 0.6) is 5.75 Å². The number of carbonyl (C=O) groups is 2. The minimum Gasteiger partial charge on any atom is -0.486 e. The summed E-state index contributed by atoms with van der Waals surface area (Å²) < 4.78 is 24.9. The van der Waals surface area contributed by atoms with Gasteiger partial charge in [-0.1, -0.05) is 35.9 Å². The standard InChI is InChI=1S/C32H29FN2O4/c1-20-3-2-4-23(17-20)30-28-18-26(12-7-21(28)15-16-35(30)32(37)22-5-6-22)38-19-27-13-14-29(39-27)31(36)34-25-10-8-24(33)9-11-25/h2-4,7-14,17-18,22,30H,5-6,15-16,19H2,1H3,(H,34,36)/t30-/m0/s1. The molecule has 0 saturated heterocycles. The lowest BCUT2D eigenvalue weighted by molar-refractivity contribution is -0.134. The van der Waals surface area contributed by atoms with Gasteiger partial charge in [0.25, 0.3) is 5.91 Å². The number of benzene rings is 3. The molecule has 1 atom stereocenters. The van der Waals surface area contributed by atoms with E-state index >= 15 is 0 Å². The Kier molecular flexibility index (Phi) is 6.65. The molecule has 198 valence electrons. The summed E-state index contributed by atoms with van der Waals surface area (Å²) in [4.78, 5) is 27.8. The van der Waals surface area contributed by atoms with Crippen LogP contribution in [0.3, 0.4) is 0 Å². The molecule has 7 heteroatoms. The summed E-state index contributed by atoms with van der Waals surface area (Å²) in [6, 6.07) is 23.1. The van der Waals surface area contributed by atoms with Crippen molar-refractivity contribution in [1.82, 2.24) is 4.90 Å². The average molecular weight is 525 g/mol. The molecular formula is C32H29FN2O4. The predicted molar refractivity (Wildman–Crippen MR) is 145 cm³/mol. The van der Waals surface area contributed by atoms with E-state index in [1.165, 1.54) is 29.8 Å². The average Bonchev–Trinajstić information content (AvgIpc) is 3.69. The zero-order valence-electron chi connectivity index (χ0n) is 21.7. The summed E-state index contributed by atoms with van der Waals surface area (Å²) in [5.41, 5.74) is 5.03. The molecule has 0 unspecified atom stereocenters. The van der Waals surface area contributed by atoms with E-state index in [1.807, 2.05) is 23.1 Å². The first-order valence-electron chi connectivity index (χ1n) is 13.2. The van der Waals surface area contributed by atoms with E-state index in [4.69, 9.17) is 9.15 Å². The van der Waals surface area contributed by atoms with Crippen LogP contribution in [0, 0.1) is 18.7 Å². The lowest BCUT2D eigenvalue weighted by atomic mass is 9.87. The Labute approximate surface area is 226 Å².